The molecule has 0 saturated heterocycles. The molecule has 1 heterocycles. The minimum absolute atomic E-state index is 0.114. The molecule has 2 unspecified atom stereocenters. The van der Waals surface area contributed by atoms with Gasteiger partial charge in [-0.05, 0) is 122 Å². The molecule has 2 atom stereocenters. The fraction of sp³-hybridized carbons (Fsp3) is 0.0714. The van der Waals surface area contributed by atoms with Gasteiger partial charge in [-0.3, -0.25) is 0 Å². The van der Waals surface area contributed by atoms with Crippen LogP contribution in [-0.2, 0) is 5.41 Å². The molecule has 272 valence electrons. The van der Waals surface area contributed by atoms with Gasteiger partial charge in [0.2, 0.25) is 0 Å². The molecule has 0 radical (unpaired) electrons. The Morgan fingerprint density at radius 2 is 1.22 bits per heavy atom. The lowest BCUT2D eigenvalue weighted by molar-refractivity contribution is 0.798. The Morgan fingerprint density at radius 1 is 0.552 bits per heavy atom. The van der Waals surface area contributed by atoms with E-state index in [4.69, 9.17) is 0 Å². The summed E-state index contributed by atoms with van der Waals surface area (Å²) in [5.74, 6) is 0.114. The van der Waals surface area contributed by atoms with Gasteiger partial charge in [0.15, 0.2) is 0 Å². The summed E-state index contributed by atoms with van der Waals surface area (Å²) < 4.78 is 1.16. The molecule has 1 aromatic heterocycles. The highest BCUT2D eigenvalue weighted by atomic mass is 32.1. The van der Waals surface area contributed by atoms with E-state index in [9.17, 15) is 0 Å². The van der Waals surface area contributed by atoms with E-state index in [1.807, 2.05) is 17.4 Å². The van der Waals surface area contributed by atoms with Crippen LogP contribution in [-0.4, -0.2) is 0 Å². The number of benzene rings is 7. The molecule has 12 rings (SSSR count). The largest absolute Gasteiger partial charge is 0.310 e. The summed E-state index contributed by atoms with van der Waals surface area (Å²) in [6, 6.07) is 76.7. The first-order valence-electron chi connectivity index (χ1n) is 20.3. The Hall–Kier alpha value is -6.92. The highest BCUT2D eigenvalue weighted by Gasteiger charge is 2.54. The van der Waals surface area contributed by atoms with Gasteiger partial charge in [0, 0.05) is 33.2 Å². The van der Waals surface area contributed by atoms with Gasteiger partial charge in [-0.15, -0.1) is 11.3 Å². The summed E-state index contributed by atoms with van der Waals surface area (Å²) in [5.41, 5.74) is 16.4. The van der Waals surface area contributed by atoms with E-state index >= 15 is 0 Å². The number of para-hydroxylation sites is 2. The van der Waals surface area contributed by atoms with Crippen molar-refractivity contribution in [2.24, 2.45) is 0 Å². The molecule has 1 nitrogen and oxygen atoms in total. The normalized spacial score (nSPS) is 16.1. The minimum atomic E-state index is -0.542. The maximum Gasteiger partial charge on any atom is 0.0854 e. The molecule has 2 heteroatoms. The van der Waals surface area contributed by atoms with Gasteiger partial charge in [0.1, 0.15) is 0 Å². The number of anilines is 3. The van der Waals surface area contributed by atoms with Crippen LogP contribution in [0.4, 0.5) is 17.1 Å². The number of hydrogen-bond donors (Lipinski definition) is 0. The first-order valence-corrected chi connectivity index (χ1v) is 21.1. The highest BCUT2D eigenvalue weighted by molar-refractivity contribution is 7.22. The van der Waals surface area contributed by atoms with Crippen LogP contribution < -0.4 is 15.3 Å². The second-order valence-corrected chi connectivity index (χ2v) is 16.7. The molecule has 0 aliphatic heterocycles. The van der Waals surface area contributed by atoms with E-state index in [1.54, 1.807) is 0 Å². The highest BCUT2D eigenvalue weighted by Crippen LogP contribution is 2.66. The van der Waals surface area contributed by atoms with E-state index in [1.165, 1.54) is 76.3 Å². The van der Waals surface area contributed by atoms with E-state index in [0.717, 1.165) is 34.6 Å². The van der Waals surface area contributed by atoms with Crippen LogP contribution in [0.3, 0.4) is 0 Å². The molecule has 8 aromatic carbocycles. The van der Waals surface area contributed by atoms with Crippen LogP contribution in [0.25, 0.3) is 43.3 Å². The second kappa shape index (κ2) is 13.1. The number of rotatable bonds is 6. The lowest BCUT2D eigenvalue weighted by Crippen LogP contribution is -2.31. The molecule has 3 aliphatic carbocycles. The quantitative estimate of drug-likeness (QED) is 0.163. The summed E-state index contributed by atoms with van der Waals surface area (Å²) in [5, 5.41) is 3.98. The van der Waals surface area contributed by atoms with Gasteiger partial charge in [-0.25, -0.2) is 0 Å². The van der Waals surface area contributed by atoms with Crippen molar-refractivity contribution in [2.75, 3.05) is 4.90 Å². The SMILES string of the molecule is c1ccc2c3c(sc2c#1)-c1ccc(N(c2ccccc2)c2ccccc2)cc1C31c2ccccc2-c2ccc(C(C3=c4ccccc4=CCC3)c3ccccc3)cc21. The molecular formula is C56H37NS. The molecule has 58 heavy (non-hydrogen) atoms. The van der Waals surface area contributed by atoms with Crippen molar-refractivity contribution in [1.82, 2.24) is 0 Å². The number of hydrogen-bond acceptors (Lipinski definition) is 2. The van der Waals surface area contributed by atoms with Crippen LogP contribution in [0.5, 0.6) is 0 Å². The third-order valence-corrected chi connectivity index (χ3v) is 13.9. The predicted molar refractivity (Wildman–Crippen MR) is 242 cm³/mol. The van der Waals surface area contributed by atoms with Crippen molar-refractivity contribution in [1.29, 1.82) is 0 Å². The first-order chi connectivity index (χ1) is 28.8. The zero-order chi connectivity index (χ0) is 38.2. The fourth-order valence-corrected chi connectivity index (χ4v) is 11.7. The van der Waals surface area contributed by atoms with Crippen molar-refractivity contribution in [3.05, 3.63) is 244 Å². The smallest absolute Gasteiger partial charge is 0.0854 e. The molecule has 0 N–H and O–H groups in total. The van der Waals surface area contributed by atoms with Crippen LogP contribution in [0.15, 0.2) is 188 Å². The van der Waals surface area contributed by atoms with Gasteiger partial charge in [-0.1, -0.05) is 163 Å². The lowest BCUT2D eigenvalue weighted by Gasteiger charge is -2.33. The third-order valence-electron chi connectivity index (χ3n) is 12.7. The van der Waals surface area contributed by atoms with Gasteiger partial charge in [-0.2, -0.15) is 0 Å². The number of fused-ring (bicyclic) bond motifs is 13. The zero-order valence-corrected chi connectivity index (χ0v) is 32.6. The van der Waals surface area contributed by atoms with E-state index in [-0.39, 0.29) is 5.92 Å². The molecule has 0 fully saturated rings. The van der Waals surface area contributed by atoms with Crippen LogP contribution in [0.1, 0.15) is 52.1 Å². The molecule has 9 aromatic rings. The van der Waals surface area contributed by atoms with E-state index < -0.39 is 5.41 Å². The van der Waals surface area contributed by atoms with Crippen LogP contribution >= 0.6 is 11.3 Å². The summed E-state index contributed by atoms with van der Waals surface area (Å²) in [4.78, 5) is 3.73. The van der Waals surface area contributed by atoms with E-state index in [0.29, 0.717) is 0 Å². The first kappa shape index (κ1) is 33.2. The topological polar surface area (TPSA) is 3.24 Å². The Labute approximate surface area is 343 Å². The maximum atomic E-state index is 3.52. The Kier molecular flexibility index (Phi) is 7.49. The standard InChI is InChI=1S/C56H37NS/c1-4-18-38(19-5-1)53(46-28-16-20-37-17-10-11-25-43(37)46)39-31-33-45-44-26-12-14-29-49(44)56(50(45)35-39)51-36-42(57(40-21-6-2-7-22-40)41-23-8-3-9-24-41)32-34-47(51)55-54(56)48-27-13-15-30-52(48)58-55/h1-14,17-27,29,31-36,53H,16,28H2. The minimum Gasteiger partial charge on any atom is -0.310 e. The monoisotopic (exact) mass is 755 g/mol. The molecule has 1 spiro atoms. The van der Waals surface area contributed by atoms with Crippen molar-refractivity contribution in [2.45, 2.75) is 24.2 Å². The van der Waals surface area contributed by atoms with Gasteiger partial charge in [0.05, 0.1) is 10.1 Å². The molecular weight excluding hydrogens is 719 g/mol. The number of nitrogens with zero attached hydrogens (tertiary/aromatic N) is 1. The predicted octanol–water partition coefficient (Wildman–Crippen LogP) is 12.9. The van der Waals surface area contributed by atoms with Crippen molar-refractivity contribution < 1.29 is 0 Å². The summed E-state index contributed by atoms with van der Waals surface area (Å²) in [7, 11) is 0. The molecule has 3 aliphatic rings. The van der Waals surface area contributed by atoms with Gasteiger partial charge in [0.25, 0.3) is 0 Å². The Balaban J connectivity index is 1.17. The molecule has 0 amide bonds. The summed E-state index contributed by atoms with van der Waals surface area (Å²) >= 11 is 1.86. The van der Waals surface area contributed by atoms with E-state index in [2.05, 4.69) is 205 Å². The summed E-state index contributed by atoms with van der Waals surface area (Å²) in [6.45, 7) is 0. The molecule has 0 saturated carbocycles. The fourth-order valence-electron chi connectivity index (χ4n) is 10.5. The Morgan fingerprint density at radius 3 is 2.03 bits per heavy atom. The lowest BCUT2D eigenvalue weighted by atomic mass is 9.69. The summed E-state index contributed by atoms with van der Waals surface area (Å²) in [6.07, 6.45) is 4.49. The third kappa shape index (κ3) is 4.78. The molecule has 0 bridgehead atoms. The Bertz CT molecular complexity index is 3140. The average Bonchev–Trinajstić information content (AvgIpc) is 3.91. The maximum absolute atomic E-state index is 3.52. The van der Waals surface area contributed by atoms with Crippen molar-refractivity contribution in [3.8, 4) is 21.6 Å². The average molecular weight is 756 g/mol. The second-order valence-electron chi connectivity index (χ2n) is 15.7. The van der Waals surface area contributed by atoms with Crippen LogP contribution in [0.2, 0.25) is 0 Å². The van der Waals surface area contributed by atoms with Crippen molar-refractivity contribution >= 4 is 50.1 Å². The van der Waals surface area contributed by atoms with Crippen LogP contribution in [0, 0.1) is 12.1 Å². The van der Waals surface area contributed by atoms with Crippen molar-refractivity contribution in [3.63, 3.8) is 0 Å². The van der Waals surface area contributed by atoms with Gasteiger partial charge >= 0.3 is 0 Å². The zero-order valence-electron chi connectivity index (χ0n) is 31.8. The van der Waals surface area contributed by atoms with Gasteiger partial charge < -0.3 is 4.90 Å². The number of thiophene rings is 1.